The fourth-order valence-corrected chi connectivity index (χ4v) is 2.97. The quantitative estimate of drug-likeness (QED) is 0.323. The first-order chi connectivity index (χ1) is 13.8. The Morgan fingerprint density at radius 2 is 2.14 bits per heavy atom. The van der Waals surface area contributed by atoms with Crippen LogP contribution in [0.5, 0.6) is 5.75 Å². The molecule has 6 nitrogen and oxygen atoms in total. The lowest BCUT2D eigenvalue weighted by molar-refractivity contribution is -0.121. The molecule has 1 aromatic carbocycles. The summed E-state index contributed by atoms with van der Waals surface area (Å²) in [5.74, 6) is 2.79. The fraction of sp³-hybridized carbons (Fsp3) is 0.348. The molecule has 1 heterocycles. The topological polar surface area (TPSA) is 79.8 Å². The van der Waals surface area contributed by atoms with Crippen molar-refractivity contribution in [3.8, 4) is 18.1 Å². The molecule has 152 valence electrons. The van der Waals surface area contributed by atoms with Gasteiger partial charge in [0, 0.05) is 12.1 Å². The Kier molecular flexibility index (Phi) is 7.38. The molecule has 1 aliphatic rings. The molecule has 1 unspecified atom stereocenters. The smallest absolute Gasteiger partial charge is 0.271 e. The minimum atomic E-state index is -0.823. The van der Waals surface area contributed by atoms with Gasteiger partial charge in [0.25, 0.3) is 5.91 Å². The van der Waals surface area contributed by atoms with Crippen LogP contribution in [-0.4, -0.2) is 30.7 Å². The van der Waals surface area contributed by atoms with Crippen LogP contribution in [0.2, 0.25) is 0 Å². The number of nitrogens with zero attached hydrogens (tertiary/aromatic N) is 1. The number of benzene rings is 1. The van der Waals surface area contributed by atoms with Crippen molar-refractivity contribution in [1.82, 2.24) is 10.6 Å². The first kappa shape index (κ1) is 22.0. The van der Waals surface area contributed by atoms with Gasteiger partial charge in [-0.2, -0.15) is 0 Å². The zero-order valence-electron chi connectivity index (χ0n) is 17.1. The Morgan fingerprint density at radius 3 is 2.79 bits per heavy atom. The molecule has 0 aromatic heterocycles. The number of aliphatic imine (C=N–C) groups is 1. The van der Waals surface area contributed by atoms with Crippen LogP contribution < -0.4 is 15.4 Å². The number of amides is 2. The molecule has 1 aromatic rings. The van der Waals surface area contributed by atoms with Crippen LogP contribution in [0.4, 0.5) is 0 Å². The Balaban J connectivity index is 2.06. The van der Waals surface area contributed by atoms with Crippen LogP contribution in [0, 0.1) is 12.3 Å². The fourth-order valence-electron chi connectivity index (χ4n) is 2.97. The summed E-state index contributed by atoms with van der Waals surface area (Å²) in [5.41, 5.74) is 0.747. The SMILES string of the molecule is C#CC(C)(C)NC(=O)/C(=C/C(=C\C)NC(=O)CC1CCOc2ccccc21)N=C. The number of rotatable bonds is 7. The third-order valence-corrected chi connectivity index (χ3v) is 4.59. The van der Waals surface area contributed by atoms with Crippen LogP contribution in [0.3, 0.4) is 0 Å². The highest BCUT2D eigenvalue weighted by Crippen LogP contribution is 2.35. The van der Waals surface area contributed by atoms with E-state index in [4.69, 9.17) is 11.2 Å². The molecule has 0 radical (unpaired) electrons. The highest BCUT2D eigenvalue weighted by atomic mass is 16.5. The van der Waals surface area contributed by atoms with E-state index in [1.54, 1.807) is 26.8 Å². The van der Waals surface area contributed by atoms with Gasteiger partial charge in [0.2, 0.25) is 5.91 Å². The van der Waals surface area contributed by atoms with E-state index in [0.29, 0.717) is 18.7 Å². The normalized spacial score (nSPS) is 16.7. The first-order valence-corrected chi connectivity index (χ1v) is 9.46. The molecule has 1 atom stereocenters. The van der Waals surface area contributed by atoms with Crippen molar-refractivity contribution in [2.24, 2.45) is 4.99 Å². The number of ether oxygens (including phenoxy) is 1. The van der Waals surface area contributed by atoms with E-state index in [2.05, 4.69) is 28.3 Å². The van der Waals surface area contributed by atoms with Crippen LogP contribution in [0.25, 0.3) is 0 Å². The summed E-state index contributed by atoms with van der Waals surface area (Å²) in [4.78, 5) is 28.8. The monoisotopic (exact) mass is 393 g/mol. The van der Waals surface area contributed by atoms with Crippen molar-refractivity contribution >= 4 is 18.5 Å². The Labute approximate surface area is 172 Å². The van der Waals surface area contributed by atoms with E-state index >= 15 is 0 Å². The van der Waals surface area contributed by atoms with Crippen LogP contribution in [0.15, 0.2) is 52.8 Å². The molecular weight excluding hydrogens is 366 g/mol. The number of allylic oxidation sites excluding steroid dienone is 2. The second-order valence-electron chi connectivity index (χ2n) is 7.28. The maximum Gasteiger partial charge on any atom is 0.271 e. The van der Waals surface area contributed by atoms with Gasteiger partial charge < -0.3 is 15.4 Å². The maximum atomic E-state index is 12.6. The van der Waals surface area contributed by atoms with E-state index in [1.165, 1.54) is 6.08 Å². The van der Waals surface area contributed by atoms with E-state index in [0.717, 1.165) is 17.7 Å². The van der Waals surface area contributed by atoms with Gasteiger partial charge in [-0.1, -0.05) is 30.2 Å². The van der Waals surface area contributed by atoms with Crippen LogP contribution >= 0.6 is 0 Å². The van der Waals surface area contributed by atoms with Crippen molar-refractivity contribution in [2.45, 2.75) is 45.1 Å². The van der Waals surface area contributed by atoms with Gasteiger partial charge in [0.1, 0.15) is 11.4 Å². The lowest BCUT2D eigenvalue weighted by atomic mass is 9.90. The first-order valence-electron chi connectivity index (χ1n) is 9.46. The molecule has 1 aliphatic heterocycles. The van der Waals surface area contributed by atoms with Gasteiger partial charge in [-0.3, -0.25) is 14.6 Å². The maximum absolute atomic E-state index is 12.6. The highest BCUT2D eigenvalue weighted by Gasteiger charge is 2.24. The molecule has 2 rings (SSSR count). The molecule has 0 saturated carbocycles. The summed E-state index contributed by atoms with van der Waals surface area (Å²) in [7, 11) is 0. The minimum absolute atomic E-state index is 0.0677. The predicted molar refractivity (Wildman–Crippen MR) is 114 cm³/mol. The number of carbonyl (C=O) groups is 2. The molecule has 6 heteroatoms. The number of para-hydroxylation sites is 1. The van der Waals surface area contributed by atoms with Gasteiger partial charge in [0.15, 0.2) is 0 Å². The molecular formula is C23H27N3O3. The largest absolute Gasteiger partial charge is 0.493 e. The number of nitrogens with one attached hydrogen (secondary N) is 2. The molecule has 0 saturated heterocycles. The molecule has 0 bridgehead atoms. The van der Waals surface area contributed by atoms with E-state index < -0.39 is 11.4 Å². The van der Waals surface area contributed by atoms with Gasteiger partial charge >= 0.3 is 0 Å². The number of hydrogen-bond acceptors (Lipinski definition) is 4. The molecule has 2 amide bonds. The predicted octanol–water partition coefficient (Wildman–Crippen LogP) is 3.08. The number of fused-ring (bicyclic) bond motifs is 1. The van der Waals surface area contributed by atoms with Crippen molar-refractivity contribution in [3.05, 3.63) is 53.4 Å². The van der Waals surface area contributed by atoms with Gasteiger partial charge in [0.05, 0.1) is 12.1 Å². The van der Waals surface area contributed by atoms with Gasteiger partial charge in [-0.25, -0.2) is 0 Å². The minimum Gasteiger partial charge on any atom is -0.493 e. The Hall–Kier alpha value is -3.33. The zero-order chi connectivity index (χ0) is 21.4. The van der Waals surface area contributed by atoms with E-state index in [-0.39, 0.29) is 17.5 Å². The average Bonchev–Trinajstić information content (AvgIpc) is 2.70. The third kappa shape index (κ3) is 6.08. The average molecular weight is 393 g/mol. The number of hydrogen-bond donors (Lipinski definition) is 2. The Bertz CT molecular complexity index is 891. The molecule has 29 heavy (non-hydrogen) atoms. The number of carbonyl (C=O) groups excluding carboxylic acids is 2. The molecule has 0 aliphatic carbocycles. The standard InChI is InChI=1S/C23H27N3O3/c1-6-17(15-19(24-5)22(28)26-23(3,4)7-2)25-21(27)14-16-12-13-29-20-11-9-8-10-18(16)20/h2,6,8-11,15-16H,5,12-14H2,1,3-4H3,(H,25,27)(H,26,28)/b17-6+,19-15-. The van der Waals surface area contributed by atoms with E-state index in [9.17, 15) is 9.59 Å². The summed E-state index contributed by atoms with van der Waals surface area (Å²) >= 11 is 0. The van der Waals surface area contributed by atoms with Crippen LogP contribution in [0.1, 0.15) is 45.1 Å². The lowest BCUT2D eigenvalue weighted by Gasteiger charge is -2.25. The van der Waals surface area contributed by atoms with Crippen molar-refractivity contribution in [3.63, 3.8) is 0 Å². The second kappa shape index (κ2) is 9.74. The summed E-state index contributed by atoms with van der Waals surface area (Å²) < 4.78 is 5.65. The Morgan fingerprint density at radius 1 is 1.41 bits per heavy atom. The van der Waals surface area contributed by atoms with Crippen LogP contribution in [-0.2, 0) is 9.59 Å². The van der Waals surface area contributed by atoms with Crippen molar-refractivity contribution in [1.29, 1.82) is 0 Å². The van der Waals surface area contributed by atoms with Crippen molar-refractivity contribution in [2.75, 3.05) is 6.61 Å². The zero-order valence-corrected chi connectivity index (χ0v) is 17.1. The second-order valence-corrected chi connectivity index (χ2v) is 7.28. The summed E-state index contributed by atoms with van der Waals surface area (Å²) in [5, 5.41) is 5.52. The summed E-state index contributed by atoms with van der Waals surface area (Å²) in [6, 6.07) is 7.76. The van der Waals surface area contributed by atoms with Gasteiger partial charge in [-0.15, -0.1) is 6.42 Å². The lowest BCUT2D eigenvalue weighted by Crippen LogP contribution is -2.42. The molecule has 0 spiro atoms. The van der Waals surface area contributed by atoms with E-state index in [1.807, 2.05) is 24.3 Å². The molecule has 0 fully saturated rings. The highest BCUT2D eigenvalue weighted by molar-refractivity contribution is 5.95. The van der Waals surface area contributed by atoms with Gasteiger partial charge in [-0.05, 0) is 57.5 Å². The number of terminal acetylenes is 1. The molecule has 2 N–H and O–H groups in total. The summed E-state index contributed by atoms with van der Waals surface area (Å²) in [6.07, 6.45) is 9.67. The third-order valence-electron chi connectivity index (χ3n) is 4.59. The summed E-state index contributed by atoms with van der Waals surface area (Å²) in [6.45, 7) is 9.19. The van der Waals surface area contributed by atoms with Crippen molar-refractivity contribution < 1.29 is 14.3 Å².